The predicted molar refractivity (Wildman–Crippen MR) is 76.1 cm³/mol. The second-order valence-corrected chi connectivity index (χ2v) is 6.39. The number of amides is 1. The summed E-state index contributed by atoms with van der Waals surface area (Å²) in [5.41, 5.74) is 0. The van der Waals surface area contributed by atoms with Crippen molar-refractivity contribution in [3.8, 4) is 0 Å². The Morgan fingerprint density at radius 1 is 1.00 bits per heavy atom. The van der Waals surface area contributed by atoms with E-state index >= 15 is 0 Å². The van der Waals surface area contributed by atoms with Crippen LogP contribution in [0, 0.1) is 0 Å². The summed E-state index contributed by atoms with van der Waals surface area (Å²) in [6.45, 7) is 4.86. The predicted octanol–water partition coefficient (Wildman–Crippen LogP) is 1.22. The Morgan fingerprint density at radius 3 is 2.42 bits per heavy atom. The van der Waals surface area contributed by atoms with Crippen LogP contribution in [0.4, 0.5) is 0 Å². The topological polar surface area (TPSA) is 35.6 Å². The smallest absolute Gasteiger partial charge is 0.236 e. The molecule has 4 nitrogen and oxygen atoms in total. The first-order valence-electron chi connectivity index (χ1n) is 8.08. The van der Waals surface area contributed by atoms with Crippen molar-refractivity contribution in [3.05, 3.63) is 0 Å². The molecular weight excluding hydrogens is 238 g/mol. The van der Waals surface area contributed by atoms with Gasteiger partial charge >= 0.3 is 0 Å². The minimum absolute atomic E-state index is 0.312. The largest absolute Gasteiger partial charge is 0.342 e. The molecule has 1 N–H and O–H groups in total. The van der Waals surface area contributed by atoms with E-state index in [2.05, 4.69) is 15.1 Å². The van der Waals surface area contributed by atoms with Gasteiger partial charge in [-0.05, 0) is 32.1 Å². The van der Waals surface area contributed by atoms with E-state index in [9.17, 15) is 4.79 Å². The van der Waals surface area contributed by atoms with Crippen LogP contribution in [0.3, 0.4) is 0 Å². The summed E-state index contributed by atoms with van der Waals surface area (Å²) in [7, 11) is 0. The van der Waals surface area contributed by atoms with Crippen LogP contribution in [0.2, 0.25) is 0 Å². The van der Waals surface area contributed by atoms with Crippen LogP contribution in [0.5, 0.6) is 0 Å². The van der Waals surface area contributed by atoms with E-state index in [0.717, 1.165) is 25.7 Å². The number of nitrogens with zero attached hydrogens (tertiary/aromatic N) is 2. The Morgan fingerprint density at radius 2 is 1.74 bits per heavy atom. The van der Waals surface area contributed by atoms with Crippen molar-refractivity contribution in [2.24, 2.45) is 0 Å². The summed E-state index contributed by atoms with van der Waals surface area (Å²) in [5, 5.41) is 3.48. The van der Waals surface area contributed by atoms with Crippen LogP contribution in [-0.4, -0.2) is 60.5 Å². The van der Waals surface area contributed by atoms with Crippen molar-refractivity contribution < 1.29 is 4.79 Å². The molecule has 0 aromatic rings. The van der Waals surface area contributed by atoms with Crippen LogP contribution < -0.4 is 5.32 Å². The molecule has 4 heteroatoms. The molecule has 0 radical (unpaired) electrons. The molecule has 2 saturated heterocycles. The first kappa shape index (κ1) is 13.4. The van der Waals surface area contributed by atoms with Crippen molar-refractivity contribution in [3.63, 3.8) is 0 Å². The summed E-state index contributed by atoms with van der Waals surface area (Å²) >= 11 is 0. The van der Waals surface area contributed by atoms with Gasteiger partial charge in [0.1, 0.15) is 0 Å². The zero-order valence-corrected chi connectivity index (χ0v) is 11.9. The minimum atomic E-state index is 0.312. The van der Waals surface area contributed by atoms with Crippen molar-refractivity contribution in [2.75, 3.05) is 32.7 Å². The highest BCUT2D eigenvalue weighted by atomic mass is 16.2. The Bertz CT molecular complexity index is 309. The van der Waals surface area contributed by atoms with Gasteiger partial charge in [-0.3, -0.25) is 9.69 Å². The summed E-state index contributed by atoms with van der Waals surface area (Å²) in [6.07, 6.45) is 8.93. The van der Waals surface area contributed by atoms with E-state index in [-0.39, 0.29) is 0 Å². The third-order valence-electron chi connectivity index (χ3n) is 4.78. The standard InChI is InChI=1S/C15H27N3O/c19-15(17-8-3-1-2-4-9-17)11-16-13-7-10-18(12-13)14-5-6-14/h13-14,16H,1-12H2. The SMILES string of the molecule is O=C(CNC1CCN(C2CC2)C1)N1CCCCCC1. The zero-order chi connectivity index (χ0) is 13.1. The number of hydrogen-bond donors (Lipinski definition) is 1. The zero-order valence-electron chi connectivity index (χ0n) is 11.9. The van der Waals surface area contributed by atoms with E-state index in [4.69, 9.17) is 0 Å². The molecular formula is C15H27N3O. The number of nitrogens with one attached hydrogen (secondary N) is 1. The van der Waals surface area contributed by atoms with E-state index in [1.165, 1.54) is 51.5 Å². The third kappa shape index (κ3) is 3.69. The van der Waals surface area contributed by atoms with Gasteiger partial charge in [-0.15, -0.1) is 0 Å². The molecule has 1 amide bonds. The number of carbonyl (C=O) groups is 1. The fraction of sp³-hybridized carbons (Fsp3) is 0.933. The monoisotopic (exact) mass is 265 g/mol. The highest BCUT2D eigenvalue weighted by molar-refractivity contribution is 5.78. The minimum Gasteiger partial charge on any atom is -0.342 e. The van der Waals surface area contributed by atoms with Gasteiger partial charge in [-0.25, -0.2) is 0 Å². The van der Waals surface area contributed by atoms with Crippen molar-refractivity contribution in [1.82, 2.24) is 15.1 Å². The van der Waals surface area contributed by atoms with Gasteiger partial charge in [0.05, 0.1) is 6.54 Å². The molecule has 2 heterocycles. The lowest BCUT2D eigenvalue weighted by molar-refractivity contribution is -0.130. The first-order valence-corrected chi connectivity index (χ1v) is 8.08. The van der Waals surface area contributed by atoms with Gasteiger partial charge in [-0.1, -0.05) is 12.8 Å². The summed E-state index contributed by atoms with van der Waals surface area (Å²) in [5.74, 6) is 0.312. The second kappa shape index (κ2) is 6.23. The maximum Gasteiger partial charge on any atom is 0.236 e. The molecule has 3 fully saturated rings. The molecule has 0 spiro atoms. The van der Waals surface area contributed by atoms with Gasteiger partial charge in [0.25, 0.3) is 0 Å². The van der Waals surface area contributed by atoms with Crippen LogP contribution >= 0.6 is 0 Å². The van der Waals surface area contributed by atoms with E-state index < -0.39 is 0 Å². The molecule has 0 aromatic carbocycles. The highest BCUT2D eigenvalue weighted by Crippen LogP contribution is 2.29. The summed E-state index contributed by atoms with van der Waals surface area (Å²) in [6, 6.07) is 1.41. The Balaban J connectivity index is 1.37. The molecule has 0 aromatic heterocycles. The average Bonchev–Trinajstić information content (AvgIpc) is 3.21. The van der Waals surface area contributed by atoms with E-state index in [1.807, 2.05) is 0 Å². The van der Waals surface area contributed by atoms with Crippen LogP contribution in [-0.2, 0) is 4.79 Å². The van der Waals surface area contributed by atoms with Crippen LogP contribution in [0.15, 0.2) is 0 Å². The van der Waals surface area contributed by atoms with Crippen molar-refractivity contribution in [1.29, 1.82) is 0 Å². The Kier molecular flexibility index (Phi) is 4.38. The normalized spacial score (nSPS) is 29.5. The Labute approximate surface area is 116 Å². The second-order valence-electron chi connectivity index (χ2n) is 6.39. The molecule has 0 bridgehead atoms. The molecule has 2 aliphatic heterocycles. The molecule has 1 unspecified atom stereocenters. The number of likely N-dealkylation sites (tertiary alicyclic amines) is 2. The molecule has 1 aliphatic carbocycles. The van der Waals surface area contributed by atoms with Crippen LogP contribution in [0.25, 0.3) is 0 Å². The van der Waals surface area contributed by atoms with Gasteiger partial charge in [0.15, 0.2) is 0 Å². The molecule has 19 heavy (non-hydrogen) atoms. The van der Waals surface area contributed by atoms with E-state index in [0.29, 0.717) is 18.5 Å². The quantitative estimate of drug-likeness (QED) is 0.830. The van der Waals surface area contributed by atoms with Gasteiger partial charge in [0.2, 0.25) is 5.91 Å². The van der Waals surface area contributed by atoms with Crippen molar-refractivity contribution in [2.45, 2.75) is 57.0 Å². The van der Waals surface area contributed by atoms with E-state index in [1.54, 1.807) is 0 Å². The maximum atomic E-state index is 12.2. The van der Waals surface area contributed by atoms with Gasteiger partial charge in [0, 0.05) is 38.3 Å². The van der Waals surface area contributed by atoms with Crippen LogP contribution in [0.1, 0.15) is 44.9 Å². The number of hydrogen-bond acceptors (Lipinski definition) is 3. The maximum absolute atomic E-state index is 12.2. The number of rotatable bonds is 4. The lowest BCUT2D eigenvalue weighted by Crippen LogP contribution is -2.43. The number of carbonyl (C=O) groups excluding carboxylic acids is 1. The molecule has 3 aliphatic rings. The third-order valence-corrected chi connectivity index (χ3v) is 4.78. The highest BCUT2D eigenvalue weighted by Gasteiger charge is 2.34. The lowest BCUT2D eigenvalue weighted by Gasteiger charge is -2.22. The molecule has 1 saturated carbocycles. The lowest BCUT2D eigenvalue weighted by atomic mass is 10.2. The summed E-state index contributed by atoms with van der Waals surface area (Å²) in [4.78, 5) is 16.8. The molecule has 3 rings (SSSR count). The first-order chi connectivity index (χ1) is 9.33. The fourth-order valence-corrected chi connectivity index (χ4v) is 3.39. The molecule has 1 atom stereocenters. The molecule has 108 valence electrons. The fourth-order valence-electron chi connectivity index (χ4n) is 3.39. The summed E-state index contributed by atoms with van der Waals surface area (Å²) < 4.78 is 0. The van der Waals surface area contributed by atoms with Gasteiger partial charge in [-0.2, -0.15) is 0 Å². The Hall–Kier alpha value is -0.610. The average molecular weight is 265 g/mol. The van der Waals surface area contributed by atoms with Gasteiger partial charge < -0.3 is 10.2 Å². The van der Waals surface area contributed by atoms with Crippen molar-refractivity contribution >= 4 is 5.91 Å².